The predicted octanol–water partition coefficient (Wildman–Crippen LogP) is 5.03. The van der Waals surface area contributed by atoms with Crippen LogP contribution in [0.15, 0.2) is 70.4 Å². The number of carbonyl (C=O) groups is 2. The molecule has 1 aliphatic heterocycles. The van der Waals surface area contributed by atoms with Crippen LogP contribution >= 0.6 is 23.2 Å². The van der Waals surface area contributed by atoms with Crippen LogP contribution in [0.3, 0.4) is 0 Å². The molecule has 0 saturated heterocycles. The van der Waals surface area contributed by atoms with Gasteiger partial charge in [-0.05, 0) is 42.0 Å². The number of nitro benzene ring substituents is 1. The third-order valence-electron chi connectivity index (χ3n) is 4.92. The SMILES string of the molecule is O=C(OCC(=O)N1N=C(c2ccc(Cl)cc2)C[C@H]1c1ccco1)c1cc(Cl)ccc1[N+](=O)[O-]. The molecule has 0 radical (unpaired) electrons. The lowest BCUT2D eigenvalue weighted by atomic mass is 10.0. The molecular weight excluding hydrogens is 473 g/mol. The van der Waals surface area contributed by atoms with Gasteiger partial charge in [-0.1, -0.05) is 35.3 Å². The van der Waals surface area contributed by atoms with Crippen molar-refractivity contribution in [1.29, 1.82) is 0 Å². The number of esters is 1. The van der Waals surface area contributed by atoms with E-state index in [0.717, 1.165) is 17.7 Å². The highest BCUT2D eigenvalue weighted by Crippen LogP contribution is 2.33. The molecule has 0 fully saturated rings. The molecular formula is C22H15Cl2N3O6. The Balaban J connectivity index is 1.54. The normalized spacial score (nSPS) is 15.3. The van der Waals surface area contributed by atoms with Crippen molar-refractivity contribution in [2.45, 2.75) is 12.5 Å². The van der Waals surface area contributed by atoms with Gasteiger partial charge < -0.3 is 9.15 Å². The van der Waals surface area contributed by atoms with Crippen LogP contribution in [-0.2, 0) is 9.53 Å². The Morgan fingerprint density at radius 2 is 1.88 bits per heavy atom. The van der Waals surface area contributed by atoms with Crippen LogP contribution in [0.2, 0.25) is 10.0 Å². The molecule has 0 saturated carbocycles. The number of nitrogens with zero attached hydrogens (tertiary/aromatic N) is 3. The number of furan rings is 1. The lowest BCUT2D eigenvalue weighted by Gasteiger charge is -2.19. The molecule has 4 rings (SSSR count). The second kappa shape index (κ2) is 9.43. The van der Waals surface area contributed by atoms with E-state index in [9.17, 15) is 19.7 Å². The van der Waals surface area contributed by atoms with Gasteiger partial charge in [0.05, 0.1) is 16.9 Å². The van der Waals surface area contributed by atoms with E-state index in [4.69, 9.17) is 32.4 Å². The molecule has 168 valence electrons. The van der Waals surface area contributed by atoms with Gasteiger partial charge in [-0.15, -0.1) is 0 Å². The molecule has 11 heteroatoms. The topological polar surface area (TPSA) is 115 Å². The number of hydrogen-bond donors (Lipinski definition) is 0. The molecule has 0 unspecified atom stereocenters. The van der Waals surface area contributed by atoms with E-state index in [0.29, 0.717) is 22.9 Å². The maximum Gasteiger partial charge on any atom is 0.345 e. The van der Waals surface area contributed by atoms with Crippen LogP contribution < -0.4 is 0 Å². The summed E-state index contributed by atoms with van der Waals surface area (Å²) in [7, 11) is 0. The van der Waals surface area contributed by atoms with E-state index in [1.54, 1.807) is 36.4 Å². The Bertz CT molecular complexity index is 1240. The van der Waals surface area contributed by atoms with Crippen LogP contribution in [0.1, 0.15) is 34.1 Å². The van der Waals surface area contributed by atoms with E-state index in [2.05, 4.69) is 5.10 Å². The first-order valence-electron chi connectivity index (χ1n) is 9.63. The first-order chi connectivity index (χ1) is 15.8. The molecule has 3 aromatic rings. The van der Waals surface area contributed by atoms with Gasteiger partial charge in [-0.3, -0.25) is 14.9 Å². The fourth-order valence-corrected chi connectivity index (χ4v) is 3.66. The van der Waals surface area contributed by atoms with Crippen molar-refractivity contribution in [1.82, 2.24) is 5.01 Å². The Labute approximate surface area is 197 Å². The summed E-state index contributed by atoms with van der Waals surface area (Å²) in [5, 5.41) is 17.5. The molecule has 33 heavy (non-hydrogen) atoms. The minimum absolute atomic E-state index is 0.119. The zero-order chi connectivity index (χ0) is 23.5. The number of nitro groups is 1. The molecule has 1 aromatic heterocycles. The van der Waals surface area contributed by atoms with Crippen molar-refractivity contribution in [3.8, 4) is 0 Å². The average Bonchev–Trinajstić information content (AvgIpc) is 3.47. The van der Waals surface area contributed by atoms with Gasteiger partial charge in [0.15, 0.2) is 6.61 Å². The minimum Gasteiger partial charge on any atom is -0.467 e. The zero-order valence-electron chi connectivity index (χ0n) is 16.8. The standard InChI is InChI=1S/C22H15Cl2N3O6/c23-14-5-3-13(4-6-14)17-11-19(20-2-1-9-32-20)26(25-17)21(28)12-33-22(29)16-10-15(24)7-8-18(16)27(30)31/h1-10,19H,11-12H2/t19-/m0/s1. The van der Waals surface area contributed by atoms with Crippen LogP contribution in [0, 0.1) is 10.1 Å². The van der Waals surface area contributed by atoms with Crippen molar-refractivity contribution in [3.63, 3.8) is 0 Å². The van der Waals surface area contributed by atoms with Crippen molar-refractivity contribution in [2.24, 2.45) is 5.10 Å². The third-order valence-corrected chi connectivity index (χ3v) is 5.40. The molecule has 0 spiro atoms. The van der Waals surface area contributed by atoms with E-state index in [1.165, 1.54) is 17.3 Å². The lowest BCUT2D eigenvalue weighted by molar-refractivity contribution is -0.385. The third kappa shape index (κ3) is 4.89. The quantitative estimate of drug-likeness (QED) is 0.273. The Kier molecular flexibility index (Phi) is 6.43. The van der Waals surface area contributed by atoms with Crippen LogP contribution in [-0.4, -0.2) is 34.1 Å². The first-order valence-corrected chi connectivity index (χ1v) is 10.4. The van der Waals surface area contributed by atoms with Gasteiger partial charge in [0.25, 0.3) is 11.6 Å². The molecule has 0 N–H and O–H groups in total. The number of ether oxygens (including phenoxy) is 1. The fourth-order valence-electron chi connectivity index (χ4n) is 3.36. The summed E-state index contributed by atoms with van der Waals surface area (Å²) in [5.41, 5.74) is 0.570. The highest BCUT2D eigenvalue weighted by atomic mass is 35.5. The fraction of sp³-hybridized carbons (Fsp3) is 0.136. The van der Waals surface area contributed by atoms with Gasteiger partial charge in [0.2, 0.25) is 0 Å². The van der Waals surface area contributed by atoms with Crippen molar-refractivity contribution in [3.05, 3.63) is 97.9 Å². The van der Waals surface area contributed by atoms with E-state index in [-0.39, 0.29) is 10.6 Å². The second-order valence-corrected chi connectivity index (χ2v) is 7.89. The van der Waals surface area contributed by atoms with Crippen molar-refractivity contribution < 1.29 is 23.7 Å². The summed E-state index contributed by atoms with van der Waals surface area (Å²) in [5.74, 6) is -1.17. The summed E-state index contributed by atoms with van der Waals surface area (Å²) < 4.78 is 10.5. The van der Waals surface area contributed by atoms with Gasteiger partial charge in [-0.25, -0.2) is 9.80 Å². The first kappa shape index (κ1) is 22.5. The summed E-state index contributed by atoms with van der Waals surface area (Å²) in [6, 6.07) is 13.4. The maximum absolute atomic E-state index is 12.9. The summed E-state index contributed by atoms with van der Waals surface area (Å²) in [4.78, 5) is 35.8. The number of halogens is 2. The zero-order valence-corrected chi connectivity index (χ0v) is 18.3. The molecule has 1 aliphatic rings. The van der Waals surface area contributed by atoms with Gasteiger partial charge in [0, 0.05) is 22.5 Å². The number of hydrogen-bond acceptors (Lipinski definition) is 7. The van der Waals surface area contributed by atoms with Gasteiger partial charge in [0.1, 0.15) is 17.4 Å². The molecule has 1 atom stereocenters. The molecule has 2 aromatic carbocycles. The Hall–Kier alpha value is -3.69. The van der Waals surface area contributed by atoms with Gasteiger partial charge >= 0.3 is 5.97 Å². The smallest absolute Gasteiger partial charge is 0.345 e. The summed E-state index contributed by atoms with van der Waals surface area (Å²) in [6.45, 7) is -0.683. The van der Waals surface area contributed by atoms with E-state index in [1.807, 2.05) is 0 Å². The molecule has 1 amide bonds. The van der Waals surface area contributed by atoms with E-state index >= 15 is 0 Å². The number of amides is 1. The highest BCUT2D eigenvalue weighted by molar-refractivity contribution is 6.31. The average molecular weight is 488 g/mol. The summed E-state index contributed by atoms with van der Waals surface area (Å²) >= 11 is 11.8. The van der Waals surface area contributed by atoms with Crippen LogP contribution in [0.4, 0.5) is 5.69 Å². The van der Waals surface area contributed by atoms with Crippen molar-refractivity contribution >= 4 is 46.5 Å². The number of hydrazone groups is 1. The number of rotatable bonds is 6. The molecule has 9 nitrogen and oxygen atoms in total. The van der Waals surface area contributed by atoms with Crippen LogP contribution in [0.25, 0.3) is 0 Å². The Morgan fingerprint density at radius 3 is 2.55 bits per heavy atom. The van der Waals surface area contributed by atoms with Gasteiger partial charge in [-0.2, -0.15) is 5.10 Å². The second-order valence-electron chi connectivity index (χ2n) is 7.02. The monoisotopic (exact) mass is 487 g/mol. The van der Waals surface area contributed by atoms with Crippen molar-refractivity contribution in [2.75, 3.05) is 6.61 Å². The minimum atomic E-state index is -1.05. The molecule has 2 heterocycles. The largest absolute Gasteiger partial charge is 0.467 e. The summed E-state index contributed by atoms with van der Waals surface area (Å²) in [6.07, 6.45) is 1.85. The molecule has 0 aliphatic carbocycles. The number of carbonyl (C=O) groups excluding carboxylic acids is 2. The van der Waals surface area contributed by atoms with E-state index < -0.39 is 35.1 Å². The van der Waals surface area contributed by atoms with Crippen LogP contribution in [0.5, 0.6) is 0 Å². The lowest BCUT2D eigenvalue weighted by Crippen LogP contribution is -2.31. The maximum atomic E-state index is 12.9. The molecule has 0 bridgehead atoms. The Morgan fingerprint density at radius 1 is 1.15 bits per heavy atom. The highest BCUT2D eigenvalue weighted by Gasteiger charge is 2.35. The number of benzene rings is 2. The predicted molar refractivity (Wildman–Crippen MR) is 119 cm³/mol.